The predicted octanol–water partition coefficient (Wildman–Crippen LogP) is 0.925. The van der Waals surface area contributed by atoms with Gasteiger partial charge in [-0.1, -0.05) is 0 Å². The standard InChI is InChI=1S/C8H7BrClN3O2/c9-5-1-2-6(12-4-5)8(15)13(11)7(14)3-10/h1-2,4H,3,11H2. The van der Waals surface area contributed by atoms with E-state index in [9.17, 15) is 9.59 Å². The van der Waals surface area contributed by atoms with E-state index in [0.717, 1.165) is 4.47 Å². The van der Waals surface area contributed by atoms with Gasteiger partial charge in [0.25, 0.3) is 11.8 Å². The molecule has 0 saturated heterocycles. The Morgan fingerprint density at radius 2 is 2.20 bits per heavy atom. The number of imide groups is 1. The van der Waals surface area contributed by atoms with E-state index < -0.39 is 11.8 Å². The number of amides is 2. The van der Waals surface area contributed by atoms with Gasteiger partial charge in [-0.15, -0.1) is 11.6 Å². The maximum Gasteiger partial charge on any atom is 0.293 e. The van der Waals surface area contributed by atoms with Gasteiger partial charge in [0.15, 0.2) is 0 Å². The second-order valence-corrected chi connectivity index (χ2v) is 3.75. The van der Waals surface area contributed by atoms with Gasteiger partial charge in [-0.3, -0.25) is 9.59 Å². The monoisotopic (exact) mass is 291 g/mol. The Bertz CT molecular complexity index is 382. The van der Waals surface area contributed by atoms with Crippen molar-refractivity contribution >= 4 is 39.3 Å². The topological polar surface area (TPSA) is 76.3 Å². The van der Waals surface area contributed by atoms with Crippen LogP contribution in [0, 0.1) is 0 Å². The van der Waals surface area contributed by atoms with Crippen LogP contribution in [0.15, 0.2) is 22.8 Å². The number of rotatable bonds is 2. The summed E-state index contributed by atoms with van der Waals surface area (Å²) < 4.78 is 0.728. The molecule has 0 aliphatic rings. The highest BCUT2D eigenvalue weighted by Gasteiger charge is 2.19. The van der Waals surface area contributed by atoms with Crippen molar-refractivity contribution in [1.29, 1.82) is 0 Å². The molecule has 5 nitrogen and oxygen atoms in total. The van der Waals surface area contributed by atoms with Crippen LogP contribution in [-0.4, -0.2) is 27.7 Å². The van der Waals surface area contributed by atoms with E-state index in [-0.39, 0.29) is 11.6 Å². The molecular weight excluding hydrogens is 285 g/mol. The third-order valence-electron chi connectivity index (χ3n) is 1.55. The fourth-order valence-electron chi connectivity index (χ4n) is 0.803. The number of carbonyl (C=O) groups is 2. The number of nitrogens with zero attached hydrogens (tertiary/aromatic N) is 2. The first-order chi connectivity index (χ1) is 7.06. The molecule has 2 amide bonds. The highest BCUT2D eigenvalue weighted by molar-refractivity contribution is 9.10. The van der Waals surface area contributed by atoms with E-state index in [1.54, 1.807) is 6.07 Å². The van der Waals surface area contributed by atoms with Crippen molar-refractivity contribution in [1.82, 2.24) is 9.99 Å². The van der Waals surface area contributed by atoms with Gasteiger partial charge >= 0.3 is 0 Å². The molecule has 0 atom stereocenters. The van der Waals surface area contributed by atoms with Crippen LogP contribution in [-0.2, 0) is 4.79 Å². The summed E-state index contributed by atoms with van der Waals surface area (Å²) in [6.45, 7) is 0. The average molecular weight is 293 g/mol. The summed E-state index contributed by atoms with van der Waals surface area (Å²) in [5, 5.41) is 0.448. The van der Waals surface area contributed by atoms with E-state index in [1.807, 2.05) is 0 Å². The summed E-state index contributed by atoms with van der Waals surface area (Å²) >= 11 is 8.42. The second kappa shape index (κ2) is 5.20. The summed E-state index contributed by atoms with van der Waals surface area (Å²) in [7, 11) is 0. The maximum atomic E-state index is 11.5. The SMILES string of the molecule is NN(C(=O)CCl)C(=O)c1ccc(Br)cn1. The molecule has 0 fully saturated rings. The molecule has 1 aromatic heterocycles. The lowest BCUT2D eigenvalue weighted by atomic mass is 10.3. The third-order valence-corrected chi connectivity index (χ3v) is 2.25. The zero-order chi connectivity index (χ0) is 11.4. The van der Waals surface area contributed by atoms with Gasteiger partial charge in [0.05, 0.1) is 0 Å². The summed E-state index contributed by atoms with van der Waals surface area (Å²) in [5.74, 6) is 3.53. The van der Waals surface area contributed by atoms with Crippen LogP contribution < -0.4 is 5.84 Å². The van der Waals surface area contributed by atoms with Crippen LogP contribution in [0.2, 0.25) is 0 Å². The Morgan fingerprint density at radius 1 is 1.53 bits per heavy atom. The summed E-state index contributed by atoms with van der Waals surface area (Å²) in [6, 6.07) is 3.08. The van der Waals surface area contributed by atoms with Crippen molar-refractivity contribution in [3.05, 3.63) is 28.5 Å². The van der Waals surface area contributed by atoms with Gasteiger partial charge in [0.1, 0.15) is 11.6 Å². The molecule has 1 heterocycles. The Morgan fingerprint density at radius 3 is 2.67 bits per heavy atom. The molecule has 0 saturated carbocycles. The van der Waals surface area contributed by atoms with E-state index in [1.165, 1.54) is 12.3 Å². The molecule has 80 valence electrons. The molecule has 7 heteroatoms. The average Bonchev–Trinajstić information content (AvgIpc) is 2.27. The first-order valence-corrected chi connectivity index (χ1v) is 5.18. The van der Waals surface area contributed by atoms with E-state index >= 15 is 0 Å². The molecule has 0 aliphatic heterocycles. The Kier molecular flexibility index (Phi) is 4.19. The van der Waals surface area contributed by atoms with Gasteiger partial charge in [-0.2, -0.15) is 0 Å². The molecule has 1 rings (SSSR count). The number of pyridine rings is 1. The largest absolute Gasteiger partial charge is 0.293 e. The minimum atomic E-state index is -0.687. The number of carbonyl (C=O) groups excluding carboxylic acids is 2. The van der Waals surface area contributed by atoms with E-state index in [0.29, 0.717) is 5.01 Å². The van der Waals surface area contributed by atoms with Gasteiger partial charge in [0.2, 0.25) is 0 Å². The van der Waals surface area contributed by atoms with Crippen molar-refractivity contribution < 1.29 is 9.59 Å². The number of hydrogen-bond donors (Lipinski definition) is 1. The highest BCUT2D eigenvalue weighted by atomic mass is 79.9. The van der Waals surface area contributed by atoms with Crippen LogP contribution in [0.4, 0.5) is 0 Å². The second-order valence-electron chi connectivity index (χ2n) is 2.56. The van der Waals surface area contributed by atoms with E-state index in [2.05, 4.69) is 20.9 Å². The molecule has 0 unspecified atom stereocenters. The van der Waals surface area contributed by atoms with Gasteiger partial charge in [-0.05, 0) is 28.1 Å². The Balaban J connectivity index is 2.85. The quantitative estimate of drug-likeness (QED) is 0.381. The zero-order valence-corrected chi connectivity index (χ0v) is 9.83. The predicted molar refractivity (Wildman–Crippen MR) is 58.0 cm³/mol. The van der Waals surface area contributed by atoms with E-state index in [4.69, 9.17) is 17.4 Å². The fraction of sp³-hybridized carbons (Fsp3) is 0.125. The van der Waals surface area contributed by atoms with Crippen molar-refractivity contribution in [3.63, 3.8) is 0 Å². The highest BCUT2D eigenvalue weighted by Crippen LogP contribution is 2.08. The molecule has 0 aromatic carbocycles. The maximum absolute atomic E-state index is 11.5. The first-order valence-electron chi connectivity index (χ1n) is 3.85. The molecular formula is C8H7BrClN3O2. The first kappa shape index (κ1) is 12.1. The molecule has 0 spiro atoms. The summed E-state index contributed by atoms with van der Waals surface area (Å²) in [5.41, 5.74) is 0.0826. The van der Waals surface area contributed by atoms with Gasteiger partial charge < -0.3 is 0 Å². The Labute approximate surface area is 99.3 Å². The number of halogens is 2. The number of hydrogen-bond acceptors (Lipinski definition) is 4. The summed E-state index contributed by atoms with van der Waals surface area (Å²) in [6.07, 6.45) is 1.44. The van der Waals surface area contributed by atoms with Crippen molar-refractivity contribution in [2.24, 2.45) is 5.84 Å². The normalized spacial score (nSPS) is 9.80. The van der Waals surface area contributed by atoms with Crippen LogP contribution in [0.3, 0.4) is 0 Å². The van der Waals surface area contributed by atoms with Gasteiger partial charge in [0, 0.05) is 10.7 Å². The molecule has 1 aromatic rings. The molecule has 2 N–H and O–H groups in total. The minimum Gasteiger partial charge on any atom is -0.272 e. The zero-order valence-electron chi connectivity index (χ0n) is 7.48. The number of hydrazine groups is 1. The van der Waals surface area contributed by atoms with Crippen molar-refractivity contribution in [2.45, 2.75) is 0 Å². The lowest BCUT2D eigenvalue weighted by Crippen LogP contribution is -2.43. The third kappa shape index (κ3) is 2.98. The van der Waals surface area contributed by atoms with Crippen LogP contribution >= 0.6 is 27.5 Å². The smallest absolute Gasteiger partial charge is 0.272 e. The van der Waals surface area contributed by atoms with Crippen LogP contribution in [0.25, 0.3) is 0 Å². The summed E-state index contributed by atoms with van der Waals surface area (Å²) in [4.78, 5) is 26.3. The molecule has 0 aliphatic carbocycles. The lowest BCUT2D eigenvalue weighted by Gasteiger charge is -2.12. The number of nitrogens with two attached hydrogens (primary N) is 1. The minimum absolute atomic E-state index is 0.0826. The molecule has 15 heavy (non-hydrogen) atoms. The van der Waals surface area contributed by atoms with Crippen molar-refractivity contribution in [2.75, 3.05) is 5.88 Å². The van der Waals surface area contributed by atoms with Crippen LogP contribution in [0.1, 0.15) is 10.5 Å². The van der Waals surface area contributed by atoms with Crippen molar-refractivity contribution in [3.8, 4) is 0 Å². The fourth-order valence-corrected chi connectivity index (χ4v) is 1.17. The molecule has 0 radical (unpaired) electrons. The Hall–Kier alpha value is -0.980. The number of aromatic nitrogens is 1. The van der Waals surface area contributed by atoms with Crippen LogP contribution in [0.5, 0.6) is 0 Å². The lowest BCUT2D eigenvalue weighted by molar-refractivity contribution is -0.126. The number of alkyl halides is 1. The molecule has 0 bridgehead atoms. The van der Waals surface area contributed by atoms with Gasteiger partial charge in [-0.25, -0.2) is 15.8 Å².